The van der Waals surface area contributed by atoms with Gasteiger partial charge in [-0.1, -0.05) is 29.8 Å². The number of hydrogen-bond acceptors (Lipinski definition) is 3. The van der Waals surface area contributed by atoms with Crippen LogP contribution in [0.15, 0.2) is 24.3 Å². The molecule has 130 valence electrons. The highest BCUT2D eigenvalue weighted by Crippen LogP contribution is 2.47. The summed E-state index contributed by atoms with van der Waals surface area (Å²) in [7, 11) is 0. The van der Waals surface area contributed by atoms with Gasteiger partial charge in [0, 0.05) is 37.9 Å². The summed E-state index contributed by atoms with van der Waals surface area (Å²) in [4.78, 5) is 14.4. The molecule has 3 fully saturated rings. The zero-order chi connectivity index (χ0) is 16.6. The van der Waals surface area contributed by atoms with Crippen LogP contribution in [0.5, 0.6) is 0 Å². The molecule has 3 aliphatic rings. The molecule has 0 unspecified atom stereocenters. The monoisotopic (exact) mass is 330 g/mol. The average Bonchev–Trinajstić information content (AvgIpc) is 3.27. The third kappa shape index (κ3) is 3.03. The van der Waals surface area contributed by atoms with Gasteiger partial charge in [0.1, 0.15) is 0 Å². The normalized spacial score (nSPS) is 24.1. The highest BCUT2D eigenvalue weighted by atomic mass is 16.7. The second-order valence-corrected chi connectivity index (χ2v) is 7.40. The number of ether oxygens (including phenoxy) is 2. The second-order valence-electron chi connectivity index (χ2n) is 7.40. The van der Waals surface area contributed by atoms with E-state index in [9.17, 15) is 4.79 Å². The van der Waals surface area contributed by atoms with Crippen molar-refractivity contribution in [2.75, 3.05) is 32.8 Å². The van der Waals surface area contributed by atoms with E-state index in [4.69, 9.17) is 9.47 Å². The van der Waals surface area contributed by atoms with Crippen LogP contribution in [0.3, 0.4) is 0 Å². The fourth-order valence-corrected chi connectivity index (χ4v) is 3.82. The molecular formula is C19H26N2O3. The van der Waals surface area contributed by atoms with Crippen molar-refractivity contribution < 1.29 is 14.3 Å². The van der Waals surface area contributed by atoms with Gasteiger partial charge in [-0.2, -0.15) is 0 Å². The van der Waals surface area contributed by atoms with Crippen LogP contribution in [0.4, 0.5) is 4.79 Å². The van der Waals surface area contributed by atoms with Crippen molar-refractivity contribution in [3.63, 3.8) is 0 Å². The number of hydrogen-bond donors (Lipinski definition) is 1. The van der Waals surface area contributed by atoms with Gasteiger partial charge in [-0.25, -0.2) is 4.79 Å². The van der Waals surface area contributed by atoms with Crippen LogP contribution in [0.2, 0.25) is 0 Å². The lowest BCUT2D eigenvalue weighted by atomic mass is 9.95. The molecular weight excluding hydrogens is 304 g/mol. The van der Waals surface area contributed by atoms with Crippen molar-refractivity contribution in [2.24, 2.45) is 0 Å². The van der Waals surface area contributed by atoms with E-state index in [1.807, 2.05) is 4.90 Å². The number of benzene rings is 1. The molecule has 5 heteroatoms. The van der Waals surface area contributed by atoms with Crippen molar-refractivity contribution >= 4 is 6.03 Å². The molecule has 1 spiro atoms. The lowest BCUT2D eigenvalue weighted by Gasteiger charge is -2.37. The van der Waals surface area contributed by atoms with Crippen LogP contribution in [-0.4, -0.2) is 49.6 Å². The molecule has 1 aromatic rings. The minimum atomic E-state index is -0.420. The van der Waals surface area contributed by atoms with Gasteiger partial charge in [-0.3, -0.25) is 0 Å². The highest BCUT2D eigenvalue weighted by Gasteiger charge is 2.45. The van der Waals surface area contributed by atoms with Gasteiger partial charge in [-0.15, -0.1) is 0 Å². The van der Waals surface area contributed by atoms with E-state index in [0.29, 0.717) is 26.3 Å². The number of nitrogens with one attached hydrogen (secondary N) is 1. The Hall–Kier alpha value is -1.59. The maximum absolute atomic E-state index is 12.5. The fraction of sp³-hybridized carbons (Fsp3) is 0.632. The summed E-state index contributed by atoms with van der Waals surface area (Å²) in [5, 5.41) is 3.15. The summed E-state index contributed by atoms with van der Waals surface area (Å²) >= 11 is 0. The summed E-state index contributed by atoms with van der Waals surface area (Å²) in [6.07, 6.45) is 3.84. The smallest absolute Gasteiger partial charge is 0.317 e. The predicted molar refractivity (Wildman–Crippen MR) is 90.9 cm³/mol. The highest BCUT2D eigenvalue weighted by molar-refractivity contribution is 5.74. The van der Waals surface area contributed by atoms with Gasteiger partial charge in [-0.05, 0) is 25.3 Å². The topological polar surface area (TPSA) is 50.8 Å². The number of carbonyl (C=O) groups excluding carboxylic acids is 1. The number of amides is 2. The first kappa shape index (κ1) is 15.9. The number of carbonyl (C=O) groups is 1. The molecule has 0 atom stereocenters. The molecule has 0 aromatic heterocycles. The van der Waals surface area contributed by atoms with E-state index in [0.717, 1.165) is 32.2 Å². The maximum Gasteiger partial charge on any atom is 0.317 e. The van der Waals surface area contributed by atoms with Gasteiger partial charge in [0.05, 0.1) is 13.2 Å². The minimum Gasteiger partial charge on any atom is -0.347 e. The Balaban J connectivity index is 1.30. The Morgan fingerprint density at radius 3 is 2.29 bits per heavy atom. The average molecular weight is 330 g/mol. The van der Waals surface area contributed by atoms with E-state index in [2.05, 4.69) is 36.5 Å². The van der Waals surface area contributed by atoms with Gasteiger partial charge in [0.2, 0.25) is 0 Å². The Morgan fingerprint density at radius 1 is 1.08 bits per heavy atom. The summed E-state index contributed by atoms with van der Waals surface area (Å²) < 4.78 is 11.4. The number of rotatable bonds is 3. The molecule has 1 aromatic carbocycles. The Morgan fingerprint density at radius 2 is 1.71 bits per heavy atom. The molecule has 2 aliphatic heterocycles. The molecule has 1 saturated carbocycles. The first-order valence-electron chi connectivity index (χ1n) is 8.99. The minimum absolute atomic E-state index is 0.0428. The van der Waals surface area contributed by atoms with E-state index in [1.165, 1.54) is 11.1 Å². The van der Waals surface area contributed by atoms with E-state index < -0.39 is 5.79 Å². The summed E-state index contributed by atoms with van der Waals surface area (Å²) in [5.41, 5.74) is 2.77. The summed E-state index contributed by atoms with van der Waals surface area (Å²) in [6, 6.07) is 8.76. The fourth-order valence-electron chi connectivity index (χ4n) is 3.82. The first-order valence-corrected chi connectivity index (χ1v) is 8.99. The SMILES string of the molecule is Cc1ccc(C2(CNC(=O)N3CCC4(CC3)OCCO4)CC2)cc1. The quantitative estimate of drug-likeness (QED) is 0.927. The van der Waals surface area contributed by atoms with Crippen LogP contribution in [0.1, 0.15) is 36.8 Å². The van der Waals surface area contributed by atoms with Crippen molar-refractivity contribution in [1.82, 2.24) is 10.2 Å². The van der Waals surface area contributed by atoms with Crippen LogP contribution >= 0.6 is 0 Å². The molecule has 5 nitrogen and oxygen atoms in total. The van der Waals surface area contributed by atoms with Crippen molar-refractivity contribution in [1.29, 1.82) is 0 Å². The molecule has 1 N–H and O–H groups in total. The Kier molecular flexibility index (Phi) is 4.01. The van der Waals surface area contributed by atoms with Crippen LogP contribution in [0.25, 0.3) is 0 Å². The van der Waals surface area contributed by atoms with E-state index in [1.54, 1.807) is 0 Å². The molecule has 2 saturated heterocycles. The standard InChI is InChI=1S/C19H26N2O3/c1-15-2-4-16(5-3-15)18(6-7-18)14-20-17(22)21-10-8-19(9-11-21)23-12-13-24-19/h2-5H,6-14H2,1H3,(H,20,22). The molecule has 0 bridgehead atoms. The van der Waals surface area contributed by atoms with Crippen molar-refractivity contribution in [2.45, 2.75) is 43.8 Å². The molecule has 1 aliphatic carbocycles. The van der Waals surface area contributed by atoms with Crippen LogP contribution in [-0.2, 0) is 14.9 Å². The number of urea groups is 1. The zero-order valence-corrected chi connectivity index (χ0v) is 14.3. The first-order chi connectivity index (χ1) is 11.6. The molecule has 2 heterocycles. The predicted octanol–water partition coefficient (Wildman–Crippen LogP) is 2.58. The molecule has 2 amide bonds. The maximum atomic E-state index is 12.5. The lowest BCUT2D eigenvalue weighted by molar-refractivity contribution is -0.181. The van der Waals surface area contributed by atoms with E-state index >= 15 is 0 Å². The third-order valence-corrected chi connectivity index (χ3v) is 5.72. The molecule has 24 heavy (non-hydrogen) atoms. The lowest BCUT2D eigenvalue weighted by Crippen LogP contribution is -2.51. The van der Waals surface area contributed by atoms with Gasteiger partial charge in [0.25, 0.3) is 0 Å². The largest absolute Gasteiger partial charge is 0.347 e. The third-order valence-electron chi connectivity index (χ3n) is 5.72. The van der Waals surface area contributed by atoms with Crippen LogP contribution in [0, 0.1) is 6.92 Å². The Labute approximate surface area is 143 Å². The molecule has 0 radical (unpaired) electrons. The van der Waals surface area contributed by atoms with Crippen molar-refractivity contribution in [3.8, 4) is 0 Å². The number of likely N-dealkylation sites (tertiary alicyclic amines) is 1. The Bertz CT molecular complexity index is 594. The zero-order valence-electron chi connectivity index (χ0n) is 14.3. The van der Waals surface area contributed by atoms with Gasteiger partial charge < -0.3 is 19.7 Å². The van der Waals surface area contributed by atoms with Gasteiger partial charge >= 0.3 is 6.03 Å². The number of nitrogens with zero attached hydrogens (tertiary/aromatic N) is 1. The summed E-state index contributed by atoms with van der Waals surface area (Å²) in [5.74, 6) is -0.420. The summed E-state index contributed by atoms with van der Waals surface area (Å²) in [6.45, 7) is 5.57. The van der Waals surface area contributed by atoms with Crippen molar-refractivity contribution in [3.05, 3.63) is 35.4 Å². The van der Waals surface area contributed by atoms with E-state index in [-0.39, 0.29) is 11.4 Å². The molecule has 4 rings (SSSR count). The number of aryl methyl sites for hydroxylation is 1. The number of piperidine rings is 1. The van der Waals surface area contributed by atoms with Gasteiger partial charge in [0.15, 0.2) is 5.79 Å². The second kappa shape index (κ2) is 6.05. The van der Waals surface area contributed by atoms with Crippen LogP contribution < -0.4 is 5.32 Å².